The van der Waals surface area contributed by atoms with E-state index in [4.69, 9.17) is 4.74 Å². The van der Waals surface area contributed by atoms with Crippen LogP contribution in [-0.2, 0) is 16.4 Å². The average molecular weight is 479 g/mol. The molecule has 172 valence electrons. The van der Waals surface area contributed by atoms with Crippen molar-refractivity contribution in [3.05, 3.63) is 83.8 Å². The molecule has 2 aromatic carbocycles. The second-order valence-electron chi connectivity index (χ2n) is 7.19. The number of ether oxygens (including phenoxy) is 1. The predicted octanol–water partition coefficient (Wildman–Crippen LogP) is 4.14. The van der Waals surface area contributed by atoms with Crippen LogP contribution in [0.5, 0.6) is 11.5 Å². The standard InChI is InChI=1S/C23H19FN6O3S/c1-3-23-28-27-15(2)30(23)18-5-7-19(8-6-18)33-21-10-9-20(12-16(21)13-25)34(31,32)29-22-11-4-17(24)14-26-22/h4-12,14H,3H2,1-2H3,(H,26,29). The number of halogens is 1. The van der Waals surface area contributed by atoms with E-state index < -0.39 is 15.8 Å². The molecule has 0 fully saturated rings. The van der Waals surface area contributed by atoms with Crippen LogP contribution in [0.3, 0.4) is 0 Å². The third-order valence-corrected chi connectivity index (χ3v) is 6.23. The van der Waals surface area contributed by atoms with Crippen molar-refractivity contribution < 1.29 is 17.5 Å². The number of pyridine rings is 1. The van der Waals surface area contributed by atoms with Gasteiger partial charge in [0.05, 0.1) is 16.7 Å². The number of nitriles is 1. The minimum atomic E-state index is -4.05. The lowest BCUT2D eigenvalue weighted by Crippen LogP contribution is -2.14. The van der Waals surface area contributed by atoms with Crippen LogP contribution in [0.4, 0.5) is 10.2 Å². The maximum atomic E-state index is 13.0. The van der Waals surface area contributed by atoms with Crippen LogP contribution in [-0.4, -0.2) is 28.2 Å². The Morgan fingerprint density at radius 2 is 1.88 bits per heavy atom. The molecule has 0 radical (unpaired) electrons. The van der Waals surface area contributed by atoms with Gasteiger partial charge in [-0.05, 0) is 61.5 Å². The molecule has 4 aromatic rings. The molecule has 4 rings (SSSR count). The lowest BCUT2D eigenvalue weighted by atomic mass is 10.2. The first kappa shape index (κ1) is 22.9. The SMILES string of the molecule is CCc1nnc(C)n1-c1ccc(Oc2ccc(S(=O)(=O)Nc3ccc(F)cn3)cc2C#N)cc1. The van der Waals surface area contributed by atoms with Gasteiger partial charge in [0.2, 0.25) is 0 Å². The molecule has 0 spiro atoms. The van der Waals surface area contributed by atoms with Crippen LogP contribution in [0.15, 0.2) is 65.7 Å². The zero-order valence-electron chi connectivity index (χ0n) is 18.2. The minimum Gasteiger partial charge on any atom is -0.456 e. The highest BCUT2D eigenvalue weighted by Gasteiger charge is 2.18. The summed E-state index contributed by atoms with van der Waals surface area (Å²) in [6.45, 7) is 3.86. The van der Waals surface area contributed by atoms with Crippen LogP contribution >= 0.6 is 0 Å². The molecular weight excluding hydrogens is 459 g/mol. The Bertz CT molecular complexity index is 1480. The third kappa shape index (κ3) is 4.72. The van der Waals surface area contributed by atoms with E-state index in [9.17, 15) is 18.1 Å². The summed E-state index contributed by atoms with van der Waals surface area (Å²) in [7, 11) is -4.05. The van der Waals surface area contributed by atoms with Gasteiger partial charge in [0.1, 0.15) is 40.9 Å². The number of hydrogen-bond donors (Lipinski definition) is 1. The molecule has 2 aromatic heterocycles. The molecule has 0 aliphatic heterocycles. The fourth-order valence-corrected chi connectivity index (χ4v) is 4.28. The van der Waals surface area contributed by atoms with E-state index in [1.807, 2.05) is 36.6 Å². The minimum absolute atomic E-state index is 0.0296. The lowest BCUT2D eigenvalue weighted by Gasteiger charge is -2.12. The molecule has 0 unspecified atom stereocenters. The molecule has 0 saturated carbocycles. The zero-order chi connectivity index (χ0) is 24.3. The second kappa shape index (κ2) is 9.29. The molecule has 2 heterocycles. The van der Waals surface area contributed by atoms with Crippen molar-refractivity contribution in [2.24, 2.45) is 0 Å². The maximum Gasteiger partial charge on any atom is 0.263 e. The highest BCUT2D eigenvalue weighted by molar-refractivity contribution is 7.92. The van der Waals surface area contributed by atoms with E-state index >= 15 is 0 Å². The number of nitrogens with one attached hydrogen (secondary N) is 1. The van der Waals surface area contributed by atoms with E-state index in [1.54, 1.807) is 12.1 Å². The fourth-order valence-electron chi connectivity index (χ4n) is 3.25. The number of aryl methyl sites for hydroxylation is 2. The maximum absolute atomic E-state index is 13.0. The molecular formula is C23H19FN6O3S. The van der Waals surface area contributed by atoms with E-state index in [-0.39, 0.29) is 22.0 Å². The first-order chi connectivity index (χ1) is 16.3. The molecule has 0 aliphatic carbocycles. The normalized spacial score (nSPS) is 11.1. The molecule has 0 saturated heterocycles. The molecule has 0 atom stereocenters. The van der Waals surface area contributed by atoms with Crippen molar-refractivity contribution in [3.8, 4) is 23.3 Å². The van der Waals surface area contributed by atoms with Crippen molar-refractivity contribution in [1.29, 1.82) is 5.26 Å². The third-order valence-electron chi connectivity index (χ3n) is 4.88. The summed E-state index contributed by atoms with van der Waals surface area (Å²) in [6.07, 6.45) is 1.63. The van der Waals surface area contributed by atoms with Crippen molar-refractivity contribution >= 4 is 15.8 Å². The van der Waals surface area contributed by atoms with Gasteiger partial charge in [-0.15, -0.1) is 10.2 Å². The smallest absolute Gasteiger partial charge is 0.263 e. The quantitative estimate of drug-likeness (QED) is 0.423. The molecule has 9 nitrogen and oxygen atoms in total. The summed E-state index contributed by atoms with van der Waals surface area (Å²) in [4.78, 5) is 3.52. The van der Waals surface area contributed by atoms with E-state index in [0.29, 0.717) is 5.75 Å². The Morgan fingerprint density at radius 1 is 1.12 bits per heavy atom. The van der Waals surface area contributed by atoms with Gasteiger partial charge in [-0.1, -0.05) is 6.92 Å². The summed E-state index contributed by atoms with van der Waals surface area (Å²) in [5.41, 5.74) is 0.899. The lowest BCUT2D eigenvalue weighted by molar-refractivity contribution is 0.480. The monoisotopic (exact) mass is 478 g/mol. The van der Waals surface area contributed by atoms with Gasteiger partial charge in [-0.2, -0.15) is 5.26 Å². The van der Waals surface area contributed by atoms with Crippen molar-refractivity contribution in [2.75, 3.05) is 4.72 Å². The van der Waals surface area contributed by atoms with Gasteiger partial charge in [-0.3, -0.25) is 9.29 Å². The Morgan fingerprint density at radius 3 is 2.53 bits per heavy atom. The van der Waals surface area contributed by atoms with Gasteiger partial charge in [-0.25, -0.2) is 17.8 Å². The molecule has 0 amide bonds. The Kier molecular flexibility index (Phi) is 6.25. The number of aromatic nitrogens is 4. The molecule has 0 aliphatic rings. The van der Waals surface area contributed by atoms with E-state index in [2.05, 4.69) is 19.9 Å². The van der Waals surface area contributed by atoms with Gasteiger partial charge in [0.15, 0.2) is 0 Å². The van der Waals surface area contributed by atoms with Crippen LogP contribution in [0.25, 0.3) is 5.69 Å². The van der Waals surface area contributed by atoms with Crippen LogP contribution in [0.1, 0.15) is 24.1 Å². The van der Waals surface area contributed by atoms with E-state index in [0.717, 1.165) is 36.0 Å². The highest BCUT2D eigenvalue weighted by atomic mass is 32.2. The van der Waals surface area contributed by atoms with Gasteiger partial charge >= 0.3 is 0 Å². The molecule has 1 N–H and O–H groups in total. The summed E-state index contributed by atoms with van der Waals surface area (Å²) in [5.74, 6) is 1.62. The first-order valence-corrected chi connectivity index (χ1v) is 11.7. The van der Waals surface area contributed by atoms with Crippen molar-refractivity contribution in [1.82, 2.24) is 19.7 Å². The topological polar surface area (TPSA) is 123 Å². The van der Waals surface area contributed by atoms with Crippen molar-refractivity contribution in [3.63, 3.8) is 0 Å². The van der Waals surface area contributed by atoms with Crippen molar-refractivity contribution in [2.45, 2.75) is 25.2 Å². The van der Waals surface area contributed by atoms with Gasteiger partial charge in [0, 0.05) is 12.1 Å². The number of anilines is 1. The summed E-state index contributed by atoms with van der Waals surface area (Å²) < 4.78 is 48.3. The number of sulfonamides is 1. The van der Waals surface area contributed by atoms with E-state index in [1.165, 1.54) is 24.3 Å². The second-order valence-corrected chi connectivity index (χ2v) is 8.87. The highest BCUT2D eigenvalue weighted by Crippen LogP contribution is 2.29. The van der Waals surface area contributed by atoms with Gasteiger partial charge < -0.3 is 4.74 Å². The Balaban J connectivity index is 1.56. The fraction of sp³-hybridized carbons (Fsp3) is 0.130. The molecule has 0 bridgehead atoms. The molecule has 34 heavy (non-hydrogen) atoms. The van der Waals surface area contributed by atoms with Crippen LogP contribution < -0.4 is 9.46 Å². The number of hydrogen-bond acceptors (Lipinski definition) is 7. The number of benzene rings is 2. The number of rotatable bonds is 7. The Labute approximate surface area is 195 Å². The Hall–Kier alpha value is -4.30. The molecule has 11 heteroatoms. The first-order valence-electron chi connectivity index (χ1n) is 10.2. The summed E-state index contributed by atoms with van der Waals surface area (Å²) >= 11 is 0. The summed E-state index contributed by atoms with van der Waals surface area (Å²) in [5, 5.41) is 17.8. The van der Waals surface area contributed by atoms with Crippen LogP contribution in [0.2, 0.25) is 0 Å². The number of nitrogens with zero attached hydrogens (tertiary/aromatic N) is 5. The predicted molar refractivity (Wildman–Crippen MR) is 122 cm³/mol. The summed E-state index contributed by atoms with van der Waals surface area (Å²) in [6, 6.07) is 15.3. The van der Waals surface area contributed by atoms with Crippen LogP contribution in [0, 0.1) is 24.1 Å². The largest absolute Gasteiger partial charge is 0.456 e. The zero-order valence-corrected chi connectivity index (χ0v) is 19.0. The average Bonchev–Trinajstić information content (AvgIpc) is 3.21. The van der Waals surface area contributed by atoms with Gasteiger partial charge in [0.25, 0.3) is 10.0 Å².